The number of carbonyl (C=O) groups excluding carboxylic acids is 2. The van der Waals surface area contributed by atoms with Crippen molar-refractivity contribution in [1.29, 1.82) is 0 Å². The fourth-order valence-corrected chi connectivity index (χ4v) is 2.99. The number of rotatable bonds is 6. The van der Waals surface area contributed by atoms with Gasteiger partial charge < -0.3 is 15.2 Å². The largest absolute Gasteiger partial charge is 0.467 e. The first-order chi connectivity index (χ1) is 8.95. The van der Waals surface area contributed by atoms with E-state index >= 15 is 0 Å². The van der Waals surface area contributed by atoms with Crippen molar-refractivity contribution in [2.75, 3.05) is 13.7 Å². The van der Waals surface area contributed by atoms with E-state index in [-0.39, 0.29) is 11.3 Å². The van der Waals surface area contributed by atoms with E-state index in [4.69, 9.17) is 5.11 Å². The molecule has 5 heteroatoms. The molecule has 1 unspecified atom stereocenters. The molecular formula is C14H25NO4. The molecule has 1 amide bonds. The van der Waals surface area contributed by atoms with Gasteiger partial charge >= 0.3 is 5.97 Å². The Hall–Kier alpha value is -1.10. The number of carbonyl (C=O) groups is 2. The third kappa shape index (κ3) is 3.93. The van der Waals surface area contributed by atoms with Crippen LogP contribution in [-0.4, -0.2) is 36.7 Å². The molecule has 1 aliphatic carbocycles. The van der Waals surface area contributed by atoms with E-state index in [1.165, 1.54) is 7.11 Å². The summed E-state index contributed by atoms with van der Waals surface area (Å²) < 4.78 is 4.57. The van der Waals surface area contributed by atoms with Gasteiger partial charge in [-0.15, -0.1) is 0 Å². The van der Waals surface area contributed by atoms with Crippen molar-refractivity contribution in [2.45, 2.75) is 52.0 Å². The van der Waals surface area contributed by atoms with Crippen LogP contribution in [0.3, 0.4) is 0 Å². The molecule has 0 radical (unpaired) electrons. The standard InChI is InChI=1S/C14H25NO4/c1-10(2)8-14(6-4-5-7-14)13(18)15-11(9-16)12(17)19-3/h10-11,16H,4-9H2,1-3H3,(H,15,18). The lowest BCUT2D eigenvalue weighted by Crippen LogP contribution is -2.50. The molecular weight excluding hydrogens is 246 g/mol. The van der Waals surface area contributed by atoms with Gasteiger partial charge in [0, 0.05) is 5.41 Å². The molecule has 1 saturated carbocycles. The van der Waals surface area contributed by atoms with Crippen LogP contribution in [0, 0.1) is 11.3 Å². The highest BCUT2D eigenvalue weighted by Gasteiger charge is 2.42. The van der Waals surface area contributed by atoms with E-state index in [2.05, 4.69) is 23.9 Å². The van der Waals surface area contributed by atoms with E-state index in [0.717, 1.165) is 32.1 Å². The maximum Gasteiger partial charge on any atom is 0.330 e. The zero-order valence-electron chi connectivity index (χ0n) is 12.1. The van der Waals surface area contributed by atoms with Gasteiger partial charge in [0.1, 0.15) is 0 Å². The van der Waals surface area contributed by atoms with Crippen LogP contribution in [0.1, 0.15) is 46.0 Å². The molecule has 110 valence electrons. The SMILES string of the molecule is COC(=O)C(CO)NC(=O)C1(CC(C)C)CCCC1. The number of esters is 1. The second kappa shape index (κ2) is 6.89. The maximum absolute atomic E-state index is 12.5. The third-order valence-corrected chi connectivity index (χ3v) is 3.81. The summed E-state index contributed by atoms with van der Waals surface area (Å²) in [5.41, 5.74) is -0.379. The molecule has 1 rings (SSSR count). The van der Waals surface area contributed by atoms with Crippen molar-refractivity contribution < 1.29 is 19.4 Å². The number of aliphatic hydroxyl groups excluding tert-OH is 1. The lowest BCUT2D eigenvalue weighted by atomic mass is 9.77. The number of aliphatic hydroxyl groups is 1. The van der Waals surface area contributed by atoms with Gasteiger partial charge in [-0.25, -0.2) is 4.79 Å². The van der Waals surface area contributed by atoms with Crippen molar-refractivity contribution in [3.63, 3.8) is 0 Å². The molecule has 0 heterocycles. The molecule has 19 heavy (non-hydrogen) atoms. The predicted molar refractivity (Wildman–Crippen MR) is 71.4 cm³/mol. The molecule has 0 spiro atoms. The first-order valence-corrected chi connectivity index (χ1v) is 6.95. The Labute approximate surface area is 114 Å². The Morgan fingerprint density at radius 1 is 1.32 bits per heavy atom. The van der Waals surface area contributed by atoms with Crippen molar-refractivity contribution in [1.82, 2.24) is 5.32 Å². The molecule has 2 N–H and O–H groups in total. The van der Waals surface area contributed by atoms with Crippen molar-refractivity contribution in [3.8, 4) is 0 Å². The second-order valence-electron chi connectivity index (χ2n) is 5.82. The van der Waals surface area contributed by atoms with Gasteiger partial charge in [-0.05, 0) is 25.2 Å². The maximum atomic E-state index is 12.5. The van der Waals surface area contributed by atoms with E-state index in [0.29, 0.717) is 5.92 Å². The van der Waals surface area contributed by atoms with E-state index < -0.39 is 18.6 Å². The summed E-state index contributed by atoms with van der Waals surface area (Å²) in [5, 5.41) is 11.8. The summed E-state index contributed by atoms with van der Waals surface area (Å²) >= 11 is 0. The molecule has 1 aliphatic rings. The number of amides is 1. The summed E-state index contributed by atoms with van der Waals surface area (Å²) in [6.45, 7) is 3.75. The lowest BCUT2D eigenvalue weighted by Gasteiger charge is -2.30. The third-order valence-electron chi connectivity index (χ3n) is 3.81. The van der Waals surface area contributed by atoms with Gasteiger partial charge in [0.05, 0.1) is 13.7 Å². The smallest absolute Gasteiger partial charge is 0.330 e. The molecule has 5 nitrogen and oxygen atoms in total. The van der Waals surface area contributed by atoms with Crippen molar-refractivity contribution >= 4 is 11.9 Å². The topological polar surface area (TPSA) is 75.6 Å². The molecule has 1 fully saturated rings. The van der Waals surface area contributed by atoms with Crippen LogP contribution in [0.15, 0.2) is 0 Å². The van der Waals surface area contributed by atoms with Crippen LogP contribution in [-0.2, 0) is 14.3 Å². The van der Waals surface area contributed by atoms with E-state index in [1.54, 1.807) is 0 Å². The normalized spacial score (nSPS) is 19.2. The van der Waals surface area contributed by atoms with Gasteiger partial charge in [-0.3, -0.25) is 4.79 Å². The second-order valence-corrected chi connectivity index (χ2v) is 5.82. The molecule has 0 aromatic heterocycles. The van der Waals surface area contributed by atoms with Gasteiger partial charge in [0.15, 0.2) is 6.04 Å². The molecule has 0 bridgehead atoms. The zero-order valence-corrected chi connectivity index (χ0v) is 12.1. The Kier molecular flexibility index (Phi) is 5.79. The Balaban J connectivity index is 2.74. The first-order valence-electron chi connectivity index (χ1n) is 6.95. The summed E-state index contributed by atoms with van der Waals surface area (Å²) in [6.07, 6.45) is 4.62. The molecule has 0 saturated heterocycles. The monoisotopic (exact) mass is 271 g/mol. The number of ether oxygens (including phenoxy) is 1. The average molecular weight is 271 g/mol. The highest BCUT2D eigenvalue weighted by molar-refractivity contribution is 5.88. The Morgan fingerprint density at radius 3 is 2.32 bits per heavy atom. The minimum absolute atomic E-state index is 0.122. The van der Waals surface area contributed by atoms with Gasteiger partial charge in [-0.1, -0.05) is 26.7 Å². The summed E-state index contributed by atoms with van der Waals surface area (Å²) in [4.78, 5) is 23.9. The van der Waals surface area contributed by atoms with Gasteiger partial charge in [-0.2, -0.15) is 0 Å². The first kappa shape index (κ1) is 16.0. The van der Waals surface area contributed by atoms with Crippen LogP contribution in [0.4, 0.5) is 0 Å². The highest BCUT2D eigenvalue weighted by atomic mass is 16.5. The van der Waals surface area contributed by atoms with E-state index in [1.807, 2.05) is 0 Å². The average Bonchev–Trinajstić information content (AvgIpc) is 2.83. The van der Waals surface area contributed by atoms with Crippen molar-refractivity contribution in [2.24, 2.45) is 11.3 Å². The molecule has 0 aromatic carbocycles. The number of hydrogen-bond donors (Lipinski definition) is 2. The van der Waals surface area contributed by atoms with Crippen molar-refractivity contribution in [3.05, 3.63) is 0 Å². The quantitative estimate of drug-likeness (QED) is 0.713. The summed E-state index contributed by atoms with van der Waals surface area (Å²) in [5.74, 6) is -0.300. The number of methoxy groups -OCH3 is 1. The highest BCUT2D eigenvalue weighted by Crippen LogP contribution is 2.43. The number of hydrogen-bond acceptors (Lipinski definition) is 4. The van der Waals surface area contributed by atoms with Crippen LogP contribution in [0.2, 0.25) is 0 Å². The summed E-state index contributed by atoms with van der Waals surface area (Å²) in [7, 11) is 1.25. The number of nitrogens with one attached hydrogen (secondary N) is 1. The Bertz CT molecular complexity index is 321. The van der Waals surface area contributed by atoms with Crippen LogP contribution in [0.25, 0.3) is 0 Å². The van der Waals surface area contributed by atoms with Crippen LogP contribution in [0.5, 0.6) is 0 Å². The van der Waals surface area contributed by atoms with Gasteiger partial charge in [0.25, 0.3) is 0 Å². The van der Waals surface area contributed by atoms with Gasteiger partial charge in [0.2, 0.25) is 5.91 Å². The molecule has 0 aliphatic heterocycles. The molecule has 1 atom stereocenters. The lowest BCUT2D eigenvalue weighted by molar-refractivity contribution is -0.148. The predicted octanol–water partition coefficient (Wildman–Crippen LogP) is 1.24. The zero-order chi connectivity index (χ0) is 14.5. The van der Waals surface area contributed by atoms with E-state index in [9.17, 15) is 9.59 Å². The van der Waals surface area contributed by atoms with Crippen LogP contribution < -0.4 is 5.32 Å². The van der Waals surface area contributed by atoms with Crippen LogP contribution >= 0.6 is 0 Å². The Morgan fingerprint density at radius 2 is 1.89 bits per heavy atom. The fraction of sp³-hybridized carbons (Fsp3) is 0.857. The molecule has 0 aromatic rings. The fourth-order valence-electron chi connectivity index (χ4n) is 2.99. The minimum Gasteiger partial charge on any atom is -0.467 e. The summed E-state index contributed by atoms with van der Waals surface area (Å²) in [6, 6.07) is -0.956. The minimum atomic E-state index is -0.956.